The first-order valence-electron chi connectivity index (χ1n) is 18.9. The molecule has 0 unspecified atom stereocenters. The van der Waals surface area contributed by atoms with Gasteiger partial charge in [0.25, 0.3) is 0 Å². The van der Waals surface area contributed by atoms with Gasteiger partial charge < -0.3 is 0 Å². The number of rotatable bonds is 7. The Balaban J connectivity index is 0.995. The Bertz CT molecular complexity index is 2900. The van der Waals surface area contributed by atoms with E-state index in [4.69, 9.17) is 15.0 Å². The summed E-state index contributed by atoms with van der Waals surface area (Å²) in [6, 6.07) is 74.5. The minimum Gasteiger partial charge on any atom is -0.247 e. The van der Waals surface area contributed by atoms with Gasteiger partial charge in [0.05, 0.1) is 22.6 Å². The highest BCUT2D eigenvalue weighted by molar-refractivity contribution is 6.17. The predicted octanol–water partition coefficient (Wildman–Crippen LogP) is 13.8. The molecule has 0 aliphatic rings. The highest BCUT2D eigenvalue weighted by Crippen LogP contribution is 2.40. The van der Waals surface area contributed by atoms with E-state index in [2.05, 4.69) is 176 Å². The van der Waals surface area contributed by atoms with Gasteiger partial charge in [-0.1, -0.05) is 200 Å². The fourth-order valence-corrected chi connectivity index (χ4v) is 7.67. The topological polar surface area (TPSA) is 38.7 Å². The average molecular weight is 714 g/mol. The van der Waals surface area contributed by atoms with Crippen molar-refractivity contribution in [1.29, 1.82) is 0 Å². The molecule has 0 aliphatic carbocycles. The zero-order valence-corrected chi connectivity index (χ0v) is 30.5. The molecule has 3 nitrogen and oxygen atoms in total. The minimum absolute atomic E-state index is 0.714. The molecule has 56 heavy (non-hydrogen) atoms. The Kier molecular flexibility index (Phi) is 8.51. The van der Waals surface area contributed by atoms with Crippen molar-refractivity contribution in [2.24, 2.45) is 0 Å². The summed E-state index contributed by atoms with van der Waals surface area (Å²) in [6.45, 7) is 0. The molecule has 0 aliphatic heterocycles. The molecule has 2 heterocycles. The Hall–Kier alpha value is -7.49. The third-order valence-electron chi connectivity index (χ3n) is 10.5. The van der Waals surface area contributed by atoms with Crippen LogP contribution in [0.3, 0.4) is 0 Å². The molecule has 0 saturated carbocycles. The zero-order valence-electron chi connectivity index (χ0n) is 30.5. The molecular weight excluding hydrogens is 679 g/mol. The fraction of sp³-hybridized carbons (Fsp3) is 0. The quantitative estimate of drug-likeness (QED) is 0.154. The van der Waals surface area contributed by atoms with E-state index >= 15 is 0 Å². The van der Waals surface area contributed by atoms with Crippen LogP contribution in [0.5, 0.6) is 0 Å². The Labute approximate surface area is 326 Å². The van der Waals surface area contributed by atoms with Crippen molar-refractivity contribution in [2.45, 2.75) is 0 Å². The van der Waals surface area contributed by atoms with Gasteiger partial charge in [0, 0.05) is 38.4 Å². The molecule has 3 heteroatoms. The lowest BCUT2D eigenvalue weighted by atomic mass is 9.92. The second-order valence-electron chi connectivity index (χ2n) is 14.0. The maximum absolute atomic E-state index is 5.33. The molecule has 0 amide bonds. The first-order valence-corrected chi connectivity index (χ1v) is 18.9. The van der Waals surface area contributed by atoms with Crippen molar-refractivity contribution >= 4 is 21.7 Å². The SMILES string of the molecule is c1ccc(-c2cc(-c3ccc(-c4ccc(-c5ccc6c(c5)nc(-c5ccccc5)c5cccc(-c7ccccc7)c56)cc4)cc3)nc(-c3ccccc3)n2)cc1. The minimum atomic E-state index is 0.714. The van der Waals surface area contributed by atoms with Crippen LogP contribution < -0.4 is 0 Å². The number of nitrogens with zero attached hydrogens (tertiary/aromatic N) is 3. The summed E-state index contributed by atoms with van der Waals surface area (Å²) >= 11 is 0. The predicted molar refractivity (Wildman–Crippen MR) is 233 cm³/mol. The fourth-order valence-electron chi connectivity index (χ4n) is 7.67. The first-order chi connectivity index (χ1) is 27.7. The van der Waals surface area contributed by atoms with Crippen molar-refractivity contribution in [2.75, 3.05) is 0 Å². The summed E-state index contributed by atoms with van der Waals surface area (Å²) in [5.74, 6) is 0.714. The van der Waals surface area contributed by atoms with Crippen LogP contribution >= 0.6 is 0 Å². The summed E-state index contributed by atoms with van der Waals surface area (Å²) in [4.78, 5) is 15.3. The van der Waals surface area contributed by atoms with Crippen molar-refractivity contribution in [1.82, 2.24) is 15.0 Å². The van der Waals surface area contributed by atoms with E-state index in [1.807, 2.05) is 36.4 Å². The van der Waals surface area contributed by atoms with Crippen LogP contribution in [0.1, 0.15) is 0 Å². The van der Waals surface area contributed by atoms with Gasteiger partial charge >= 0.3 is 0 Å². The largest absolute Gasteiger partial charge is 0.247 e. The third-order valence-corrected chi connectivity index (χ3v) is 10.5. The van der Waals surface area contributed by atoms with Crippen LogP contribution in [0.4, 0.5) is 0 Å². The van der Waals surface area contributed by atoms with Gasteiger partial charge in [-0.25, -0.2) is 15.0 Å². The van der Waals surface area contributed by atoms with E-state index in [0.717, 1.165) is 77.9 Å². The van der Waals surface area contributed by atoms with Crippen molar-refractivity contribution in [3.05, 3.63) is 212 Å². The second-order valence-corrected chi connectivity index (χ2v) is 14.0. The molecule has 8 aromatic carbocycles. The highest BCUT2D eigenvalue weighted by Gasteiger charge is 2.16. The van der Waals surface area contributed by atoms with Crippen molar-refractivity contribution in [3.8, 4) is 78.5 Å². The van der Waals surface area contributed by atoms with E-state index < -0.39 is 0 Å². The summed E-state index contributed by atoms with van der Waals surface area (Å²) in [5, 5.41) is 3.53. The molecule has 0 spiro atoms. The zero-order chi connectivity index (χ0) is 37.3. The van der Waals surface area contributed by atoms with Gasteiger partial charge in [-0.15, -0.1) is 0 Å². The lowest BCUT2D eigenvalue weighted by Crippen LogP contribution is -1.95. The number of benzene rings is 8. The van der Waals surface area contributed by atoms with Crippen LogP contribution in [0.15, 0.2) is 212 Å². The molecule has 0 N–H and O–H groups in total. The summed E-state index contributed by atoms with van der Waals surface area (Å²) < 4.78 is 0. The van der Waals surface area contributed by atoms with E-state index in [0.29, 0.717) is 5.82 Å². The van der Waals surface area contributed by atoms with Gasteiger partial charge in [0.2, 0.25) is 0 Å². The molecule has 0 radical (unpaired) electrons. The first kappa shape index (κ1) is 33.1. The number of aromatic nitrogens is 3. The maximum Gasteiger partial charge on any atom is 0.160 e. The molecule has 2 aromatic heterocycles. The second kappa shape index (κ2) is 14.4. The van der Waals surface area contributed by atoms with E-state index in [-0.39, 0.29) is 0 Å². The van der Waals surface area contributed by atoms with E-state index in [1.165, 1.54) is 16.5 Å². The van der Waals surface area contributed by atoms with Crippen LogP contribution in [0, 0.1) is 0 Å². The van der Waals surface area contributed by atoms with E-state index in [1.54, 1.807) is 0 Å². The normalized spacial score (nSPS) is 11.2. The van der Waals surface area contributed by atoms with Crippen LogP contribution in [-0.4, -0.2) is 15.0 Å². The third kappa shape index (κ3) is 6.31. The molecule has 0 atom stereocenters. The highest BCUT2D eigenvalue weighted by atomic mass is 14.9. The molecule has 0 fully saturated rings. The van der Waals surface area contributed by atoms with Gasteiger partial charge in [0.1, 0.15) is 0 Å². The van der Waals surface area contributed by atoms with E-state index in [9.17, 15) is 0 Å². The van der Waals surface area contributed by atoms with Crippen molar-refractivity contribution < 1.29 is 0 Å². The lowest BCUT2D eigenvalue weighted by molar-refractivity contribution is 1.18. The summed E-state index contributed by atoms with van der Waals surface area (Å²) in [7, 11) is 0. The van der Waals surface area contributed by atoms with Gasteiger partial charge in [-0.2, -0.15) is 0 Å². The number of hydrogen-bond donors (Lipinski definition) is 0. The molecule has 10 aromatic rings. The molecule has 262 valence electrons. The Morgan fingerprint density at radius 1 is 0.268 bits per heavy atom. The Morgan fingerprint density at radius 3 is 1.32 bits per heavy atom. The molecule has 10 rings (SSSR count). The number of fused-ring (bicyclic) bond motifs is 3. The van der Waals surface area contributed by atoms with Gasteiger partial charge in [0.15, 0.2) is 5.82 Å². The monoisotopic (exact) mass is 713 g/mol. The van der Waals surface area contributed by atoms with Crippen molar-refractivity contribution in [3.63, 3.8) is 0 Å². The molecule has 0 bridgehead atoms. The molecular formula is C53H35N3. The van der Waals surface area contributed by atoms with Crippen LogP contribution in [0.2, 0.25) is 0 Å². The van der Waals surface area contributed by atoms with Crippen LogP contribution in [-0.2, 0) is 0 Å². The standard InChI is InChI=1S/C53H35N3/c1-5-14-39(15-6-1)45-22-13-23-47-51(45)46-33-32-44(34-50(46)54-52(47)42-18-9-3-10-19-42)38-26-24-36(25-27-38)37-28-30-41(31-29-37)49-35-48(40-16-7-2-8-17-40)55-53(56-49)43-20-11-4-12-21-43/h1-35H. The maximum atomic E-state index is 5.33. The number of hydrogen-bond acceptors (Lipinski definition) is 3. The summed E-state index contributed by atoms with van der Waals surface area (Å²) in [6.07, 6.45) is 0. The van der Waals surface area contributed by atoms with Crippen LogP contribution in [0.25, 0.3) is 100 Å². The Morgan fingerprint density at radius 2 is 0.732 bits per heavy atom. The summed E-state index contributed by atoms with van der Waals surface area (Å²) in [5.41, 5.74) is 15.0. The molecule has 0 saturated heterocycles. The smallest absolute Gasteiger partial charge is 0.160 e. The van der Waals surface area contributed by atoms with Gasteiger partial charge in [-0.3, -0.25) is 0 Å². The lowest BCUT2D eigenvalue weighted by Gasteiger charge is -2.15. The number of pyridine rings is 1. The average Bonchev–Trinajstić information content (AvgIpc) is 3.29. The van der Waals surface area contributed by atoms with Gasteiger partial charge in [-0.05, 0) is 45.5 Å².